The maximum atomic E-state index is 12.9. The van der Waals surface area contributed by atoms with Crippen molar-refractivity contribution in [2.45, 2.75) is 37.5 Å². The Balaban J connectivity index is 1.48. The Hall–Kier alpha value is -2.63. The van der Waals surface area contributed by atoms with Crippen LogP contribution in [-0.4, -0.2) is 36.1 Å². The minimum Gasteiger partial charge on any atom is -0.496 e. The van der Waals surface area contributed by atoms with Crippen LogP contribution in [0.25, 0.3) is 0 Å². The number of nitrogens with one attached hydrogen (secondary N) is 1. The second-order valence-electron chi connectivity index (χ2n) is 7.06. The zero-order valence-corrected chi connectivity index (χ0v) is 15.1. The van der Waals surface area contributed by atoms with Crippen molar-refractivity contribution in [3.63, 3.8) is 0 Å². The third kappa shape index (κ3) is 3.11. The number of carbonyl (C=O) groups excluding carboxylic acids is 1. The van der Waals surface area contributed by atoms with Gasteiger partial charge in [0.15, 0.2) is 0 Å². The number of hydrogen-bond acceptors (Lipinski definition) is 5. The molecule has 1 amide bonds. The minimum atomic E-state index is -0.502. The summed E-state index contributed by atoms with van der Waals surface area (Å²) >= 11 is 0. The van der Waals surface area contributed by atoms with E-state index < -0.39 is 5.41 Å². The lowest BCUT2D eigenvalue weighted by atomic mass is 9.94. The predicted octanol–water partition coefficient (Wildman–Crippen LogP) is 3.15. The molecule has 2 aliphatic rings. The highest BCUT2D eigenvalue weighted by molar-refractivity contribution is 6.01. The van der Waals surface area contributed by atoms with E-state index in [0.717, 1.165) is 43.2 Å². The molecule has 1 N–H and O–H groups in total. The molecule has 6 nitrogen and oxygen atoms in total. The van der Waals surface area contributed by atoms with Gasteiger partial charge in [-0.3, -0.25) is 4.79 Å². The Morgan fingerprint density at radius 2 is 1.81 bits per heavy atom. The van der Waals surface area contributed by atoms with E-state index in [9.17, 15) is 4.79 Å². The summed E-state index contributed by atoms with van der Waals surface area (Å²) in [6.45, 7) is 2.01. The molecule has 2 aromatic rings. The van der Waals surface area contributed by atoms with E-state index in [-0.39, 0.29) is 5.91 Å². The van der Waals surface area contributed by atoms with Crippen LogP contribution in [0.2, 0.25) is 0 Å². The molecule has 1 aliphatic carbocycles. The Bertz CT molecular complexity index is 781. The van der Waals surface area contributed by atoms with Gasteiger partial charge >= 0.3 is 0 Å². The number of rotatable bonds is 5. The lowest BCUT2D eigenvalue weighted by molar-refractivity contribution is -0.118. The first kappa shape index (κ1) is 16.8. The molecule has 0 bridgehead atoms. The number of nitrogens with zero attached hydrogens (tertiary/aromatic N) is 3. The van der Waals surface area contributed by atoms with Crippen molar-refractivity contribution in [3.8, 4) is 5.75 Å². The number of carbonyl (C=O) groups is 1. The summed E-state index contributed by atoms with van der Waals surface area (Å²) < 4.78 is 5.44. The van der Waals surface area contributed by atoms with Gasteiger partial charge in [-0.1, -0.05) is 18.2 Å². The number of para-hydroxylation sites is 1. The Labute approximate surface area is 153 Å². The maximum Gasteiger partial charge on any atom is 0.235 e. The molecule has 2 fully saturated rings. The number of methoxy groups -OCH3 is 1. The molecule has 1 saturated carbocycles. The number of benzene rings is 1. The van der Waals surface area contributed by atoms with E-state index in [2.05, 4.69) is 20.2 Å². The van der Waals surface area contributed by atoms with E-state index in [4.69, 9.17) is 4.74 Å². The lowest BCUT2D eigenvalue weighted by Gasteiger charge is -2.26. The summed E-state index contributed by atoms with van der Waals surface area (Å²) in [7, 11) is 1.64. The molecule has 26 heavy (non-hydrogen) atoms. The number of aromatic nitrogens is 2. The largest absolute Gasteiger partial charge is 0.496 e. The summed E-state index contributed by atoms with van der Waals surface area (Å²) in [6.07, 6.45) is 8.69. The Morgan fingerprint density at radius 3 is 2.46 bits per heavy atom. The minimum absolute atomic E-state index is 0.0173. The first-order valence-corrected chi connectivity index (χ1v) is 9.25. The smallest absolute Gasteiger partial charge is 0.235 e. The molecule has 0 unspecified atom stereocenters. The molecule has 1 aliphatic heterocycles. The van der Waals surface area contributed by atoms with Gasteiger partial charge in [0.1, 0.15) is 5.75 Å². The van der Waals surface area contributed by atoms with Gasteiger partial charge in [0.05, 0.1) is 30.6 Å². The molecular formula is C20H24N4O2. The number of ether oxygens (including phenoxy) is 1. The fourth-order valence-electron chi connectivity index (χ4n) is 3.68. The maximum absolute atomic E-state index is 12.9. The Morgan fingerprint density at radius 1 is 1.12 bits per heavy atom. The van der Waals surface area contributed by atoms with E-state index >= 15 is 0 Å². The standard InChI is InChI=1S/C20H24N4O2/c1-26-17-8-4-3-7-16(17)20(9-10-20)18(25)23-15-13-21-19(22-14-15)24-11-5-2-6-12-24/h3-4,7-8,13-14H,2,5-6,9-12H2,1H3,(H,23,25). The SMILES string of the molecule is COc1ccccc1C1(C(=O)Nc2cnc(N3CCCCC3)nc2)CC1. The fourth-order valence-corrected chi connectivity index (χ4v) is 3.68. The van der Waals surface area contributed by atoms with Gasteiger partial charge < -0.3 is 15.0 Å². The number of piperidine rings is 1. The zero-order chi connectivity index (χ0) is 18.0. The average Bonchev–Trinajstić information content (AvgIpc) is 3.51. The van der Waals surface area contributed by atoms with Crippen molar-refractivity contribution in [2.24, 2.45) is 0 Å². The zero-order valence-electron chi connectivity index (χ0n) is 15.1. The molecule has 1 aromatic carbocycles. The van der Waals surface area contributed by atoms with Crippen molar-refractivity contribution in [3.05, 3.63) is 42.2 Å². The monoisotopic (exact) mass is 352 g/mol. The van der Waals surface area contributed by atoms with E-state index in [0.29, 0.717) is 5.69 Å². The van der Waals surface area contributed by atoms with Crippen LogP contribution in [0.5, 0.6) is 5.75 Å². The highest BCUT2D eigenvalue weighted by Gasteiger charge is 2.52. The van der Waals surface area contributed by atoms with Crippen molar-refractivity contribution >= 4 is 17.5 Å². The normalized spacial score (nSPS) is 18.3. The summed E-state index contributed by atoms with van der Waals surface area (Å²) in [4.78, 5) is 24.0. The van der Waals surface area contributed by atoms with Gasteiger partial charge in [-0.2, -0.15) is 0 Å². The topological polar surface area (TPSA) is 67.3 Å². The summed E-state index contributed by atoms with van der Waals surface area (Å²) in [5.74, 6) is 1.49. The number of anilines is 2. The number of hydrogen-bond donors (Lipinski definition) is 1. The van der Waals surface area contributed by atoms with Crippen LogP contribution in [0, 0.1) is 0 Å². The van der Waals surface area contributed by atoms with Gasteiger partial charge in [0.2, 0.25) is 11.9 Å². The van der Waals surface area contributed by atoms with Crippen LogP contribution in [0.15, 0.2) is 36.7 Å². The van der Waals surface area contributed by atoms with Crippen LogP contribution in [0.4, 0.5) is 11.6 Å². The summed E-state index contributed by atoms with van der Waals surface area (Å²) in [6, 6.07) is 7.74. The highest BCUT2D eigenvalue weighted by atomic mass is 16.5. The molecular weight excluding hydrogens is 328 g/mol. The molecule has 4 rings (SSSR count). The van der Waals surface area contributed by atoms with Crippen molar-refractivity contribution in [1.29, 1.82) is 0 Å². The molecule has 1 aromatic heterocycles. The molecule has 0 radical (unpaired) electrons. The fraction of sp³-hybridized carbons (Fsp3) is 0.450. The first-order chi connectivity index (χ1) is 12.7. The van der Waals surface area contributed by atoms with Crippen LogP contribution >= 0.6 is 0 Å². The van der Waals surface area contributed by atoms with Crippen molar-refractivity contribution < 1.29 is 9.53 Å². The van der Waals surface area contributed by atoms with Gasteiger partial charge in [-0.15, -0.1) is 0 Å². The van der Waals surface area contributed by atoms with Gasteiger partial charge in [-0.05, 0) is 38.2 Å². The molecule has 0 atom stereocenters. The van der Waals surface area contributed by atoms with Crippen LogP contribution in [0.3, 0.4) is 0 Å². The van der Waals surface area contributed by atoms with E-state index in [1.54, 1.807) is 19.5 Å². The summed E-state index contributed by atoms with van der Waals surface area (Å²) in [5, 5.41) is 2.99. The van der Waals surface area contributed by atoms with Crippen molar-refractivity contribution in [1.82, 2.24) is 9.97 Å². The van der Waals surface area contributed by atoms with E-state index in [1.165, 1.54) is 19.3 Å². The Kier molecular flexibility index (Phi) is 4.49. The average molecular weight is 352 g/mol. The van der Waals surface area contributed by atoms with Crippen LogP contribution in [-0.2, 0) is 10.2 Å². The van der Waals surface area contributed by atoms with Gasteiger partial charge in [0, 0.05) is 18.7 Å². The second kappa shape index (κ2) is 6.94. The second-order valence-corrected chi connectivity index (χ2v) is 7.06. The third-order valence-electron chi connectivity index (χ3n) is 5.34. The third-order valence-corrected chi connectivity index (χ3v) is 5.34. The molecule has 0 spiro atoms. The molecule has 2 heterocycles. The van der Waals surface area contributed by atoms with Gasteiger partial charge in [0.25, 0.3) is 0 Å². The van der Waals surface area contributed by atoms with E-state index in [1.807, 2.05) is 24.3 Å². The molecule has 136 valence electrons. The first-order valence-electron chi connectivity index (χ1n) is 9.25. The van der Waals surface area contributed by atoms with Crippen molar-refractivity contribution in [2.75, 3.05) is 30.4 Å². The molecule has 1 saturated heterocycles. The molecule has 6 heteroatoms. The highest BCUT2D eigenvalue weighted by Crippen LogP contribution is 2.51. The van der Waals surface area contributed by atoms with Gasteiger partial charge in [-0.25, -0.2) is 9.97 Å². The quantitative estimate of drug-likeness (QED) is 0.895. The number of amides is 1. The predicted molar refractivity (Wildman–Crippen MR) is 101 cm³/mol. The lowest BCUT2D eigenvalue weighted by Crippen LogP contribution is -2.31. The van der Waals surface area contributed by atoms with Crippen LogP contribution in [0.1, 0.15) is 37.7 Å². The summed E-state index contributed by atoms with van der Waals surface area (Å²) in [5.41, 5.74) is 1.08. The van der Waals surface area contributed by atoms with Crippen LogP contribution < -0.4 is 15.0 Å².